The maximum Gasteiger partial charge on any atom is 0.204 e. The highest BCUT2D eigenvalue weighted by molar-refractivity contribution is 5.54. The van der Waals surface area contributed by atoms with Gasteiger partial charge in [0.25, 0.3) is 0 Å². The fourth-order valence-electron chi connectivity index (χ4n) is 2.70. The summed E-state index contributed by atoms with van der Waals surface area (Å²) in [5, 5.41) is 14.0. The fraction of sp³-hybridized carbons (Fsp3) is 0.286. The minimum absolute atomic E-state index is 0.627. The highest BCUT2D eigenvalue weighted by Gasteiger charge is 2.18. The lowest BCUT2D eigenvalue weighted by Crippen LogP contribution is -2.30. The molecule has 106 valence electrons. The lowest BCUT2D eigenvalue weighted by Gasteiger charge is -2.26. The fourth-order valence-corrected chi connectivity index (χ4v) is 2.70. The molecule has 0 aliphatic carbocycles. The highest BCUT2D eigenvalue weighted by Crippen LogP contribution is 2.19. The van der Waals surface area contributed by atoms with Crippen molar-refractivity contribution in [2.45, 2.75) is 19.5 Å². The van der Waals surface area contributed by atoms with Gasteiger partial charge in [0.15, 0.2) is 0 Å². The molecule has 1 aliphatic rings. The molecule has 2 N–H and O–H groups in total. The maximum absolute atomic E-state index is 4.33. The SMILES string of the molecule is c1nc2c([nH]1)CN(Cc1ccc(-c3nn[nH]n3)cc1)CC2. The average molecular weight is 281 g/mol. The molecule has 0 spiro atoms. The molecule has 0 atom stereocenters. The standard InChI is InChI=1S/C14H15N7/c1-3-11(14-17-19-20-18-14)4-2-10(1)7-21-6-5-12-13(8-21)16-9-15-12/h1-4,9H,5-8H2,(H,15,16)(H,17,18,19,20). The van der Waals surface area contributed by atoms with Crippen molar-refractivity contribution in [3.8, 4) is 11.4 Å². The van der Waals surface area contributed by atoms with Crippen LogP contribution in [0.25, 0.3) is 11.4 Å². The van der Waals surface area contributed by atoms with Crippen LogP contribution in [-0.2, 0) is 19.5 Å². The summed E-state index contributed by atoms with van der Waals surface area (Å²) < 4.78 is 0. The molecule has 0 unspecified atom stereocenters. The van der Waals surface area contributed by atoms with Gasteiger partial charge >= 0.3 is 0 Å². The van der Waals surface area contributed by atoms with Gasteiger partial charge in [0.05, 0.1) is 17.7 Å². The highest BCUT2D eigenvalue weighted by atomic mass is 15.5. The topological polar surface area (TPSA) is 86.4 Å². The van der Waals surface area contributed by atoms with Crippen LogP contribution in [0, 0.1) is 0 Å². The van der Waals surface area contributed by atoms with E-state index in [4.69, 9.17) is 0 Å². The lowest BCUT2D eigenvalue weighted by molar-refractivity contribution is 0.241. The van der Waals surface area contributed by atoms with Crippen LogP contribution in [0.15, 0.2) is 30.6 Å². The number of aromatic nitrogens is 6. The Morgan fingerprint density at radius 3 is 2.90 bits per heavy atom. The molecule has 2 aromatic heterocycles. The summed E-state index contributed by atoms with van der Waals surface area (Å²) in [5.41, 5.74) is 4.70. The first kappa shape index (κ1) is 12.2. The molecule has 0 radical (unpaired) electrons. The molecular weight excluding hydrogens is 266 g/mol. The van der Waals surface area contributed by atoms with E-state index in [-0.39, 0.29) is 0 Å². The van der Waals surface area contributed by atoms with Crippen molar-refractivity contribution in [2.24, 2.45) is 0 Å². The van der Waals surface area contributed by atoms with Crippen LogP contribution >= 0.6 is 0 Å². The lowest BCUT2D eigenvalue weighted by atomic mass is 10.1. The summed E-state index contributed by atoms with van der Waals surface area (Å²) in [4.78, 5) is 9.98. The quantitative estimate of drug-likeness (QED) is 0.752. The molecule has 0 amide bonds. The molecule has 7 heteroatoms. The molecule has 3 aromatic rings. The van der Waals surface area contributed by atoms with E-state index in [2.05, 4.69) is 47.6 Å². The summed E-state index contributed by atoms with van der Waals surface area (Å²) >= 11 is 0. The van der Waals surface area contributed by atoms with Crippen LogP contribution in [0.3, 0.4) is 0 Å². The molecule has 4 rings (SSSR count). The van der Waals surface area contributed by atoms with Crippen molar-refractivity contribution in [1.82, 2.24) is 35.5 Å². The third kappa shape index (κ3) is 2.43. The van der Waals surface area contributed by atoms with E-state index in [9.17, 15) is 0 Å². The minimum atomic E-state index is 0.627. The minimum Gasteiger partial charge on any atom is -0.347 e. The molecule has 1 aliphatic heterocycles. The third-order valence-electron chi connectivity index (χ3n) is 3.82. The van der Waals surface area contributed by atoms with Crippen LogP contribution in [0.5, 0.6) is 0 Å². The van der Waals surface area contributed by atoms with Gasteiger partial charge in [0.2, 0.25) is 5.82 Å². The van der Waals surface area contributed by atoms with E-state index in [0.717, 1.165) is 31.6 Å². The first-order valence-corrected chi connectivity index (χ1v) is 6.95. The molecule has 0 bridgehead atoms. The number of hydrogen-bond acceptors (Lipinski definition) is 5. The zero-order valence-corrected chi connectivity index (χ0v) is 11.5. The van der Waals surface area contributed by atoms with E-state index in [1.54, 1.807) is 6.33 Å². The summed E-state index contributed by atoms with van der Waals surface area (Å²) in [7, 11) is 0. The summed E-state index contributed by atoms with van der Waals surface area (Å²) in [6.07, 6.45) is 2.80. The van der Waals surface area contributed by atoms with Crippen LogP contribution < -0.4 is 0 Å². The van der Waals surface area contributed by atoms with Crippen molar-refractivity contribution in [3.05, 3.63) is 47.5 Å². The van der Waals surface area contributed by atoms with Crippen molar-refractivity contribution < 1.29 is 0 Å². The van der Waals surface area contributed by atoms with Gasteiger partial charge in [-0.25, -0.2) is 4.98 Å². The Balaban J connectivity index is 1.46. The predicted molar refractivity (Wildman–Crippen MR) is 76.0 cm³/mol. The van der Waals surface area contributed by atoms with Gasteiger partial charge in [-0.05, 0) is 10.8 Å². The van der Waals surface area contributed by atoms with Crippen LogP contribution in [0.2, 0.25) is 0 Å². The smallest absolute Gasteiger partial charge is 0.204 e. The number of benzene rings is 1. The number of H-pyrrole nitrogens is 2. The second kappa shape index (κ2) is 5.10. The molecule has 7 nitrogen and oxygen atoms in total. The average Bonchev–Trinajstić information content (AvgIpc) is 3.19. The second-order valence-corrected chi connectivity index (χ2v) is 5.22. The van der Waals surface area contributed by atoms with Crippen molar-refractivity contribution >= 4 is 0 Å². The first-order chi connectivity index (χ1) is 10.4. The summed E-state index contributed by atoms with van der Waals surface area (Å²) in [6, 6.07) is 8.31. The van der Waals surface area contributed by atoms with Crippen molar-refractivity contribution in [1.29, 1.82) is 0 Å². The third-order valence-corrected chi connectivity index (χ3v) is 3.82. The van der Waals surface area contributed by atoms with Crippen LogP contribution in [0.4, 0.5) is 0 Å². The first-order valence-electron chi connectivity index (χ1n) is 6.95. The molecular formula is C14H15N7. The van der Waals surface area contributed by atoms with Crippen molar-refractivity contribution in [2.75, 3.05) is 6.54 Å². The van der Waals surface area contributed by atoms with Gasteiger partial charge in [-0.1, -0.05) is 24.3 Å². The number of tetrazole rings is 1. The van der Waals surface area contributed by atoms with E-state index in [1.807, 2.05) is 12.1 Å². The van der Waals surface area contributed by atoms with E-state index in [0.29, 0.717) is 5.82 Å². The number of rotatable bonds is 3. The number of aromatic amines is 2. The van der Waals surface area contributed by atoms with E-state index >= 15 is 0 Å². The number of nitrogens with zero attached hydrogens (tertiary/aromatic N) is 5. The van der Waals surface area contributed by atoms with Crippen LogP contribution in [0.1, 0.15) is 17.0 Å². The Labute approximate surface area is 121 Å². The van der Waals surface area contributed by atoms with Gasteiger partial charge in [-0.2, -0.15) is 5.21 Å². The predicted octanol–water partition coefficient (Wildman–Crippen LogP) is 1.15. The van der Waals surface area contributed by atoms with Gasteiger partial charge < -0.3 is 4.98 Å². The molecule has 3 heterocycles. The van der Waals surface area contributed by atoms with Gasteiger partial charge in [0, 0.05) is 31.6 Å². The largest absolute Gasteiger partial charge is 0.347 e. The van der Waals surface area contributed by atoms with Gasteiger partial charge in [-0.15, -0.1) is 10.2 Å². The Kier molecular flexibility index (Phi) is 2.97. The second-order valence-electron chi connectivity index (χ2n) is 5.22. The zero-order valence-electron chi connectivity index (χ0n) is 11.5. The molecule has 0 saturated carbocycles. The number of hydrogen-bond donors (Lipinski definition) is 2. The molecule has 0 saturated heterocycles. The molecule has 0 fully saturated rings. The number of imidazole rings is 1. The monoisotopic (exact) mass is 281 g/mol. The van der Waals surface area contributed by atoms with E-state index in [1.165, 1.54) is 17.0 Å². The van der Waals surface area contributed by atoms with Gasteiger partial charge in [-0.3, -0.25) is 4.90 Å². The number of nitrogens with one attached hydrogen (secondary N) is 2. The Bertz CT molecular complexity index is 714. The molecule has 21 heavy (non-hydrogen) atoms. The maximum atomic E-state index is 4.33. The summed E-state index contributed by atoms with van der Waals surface area (Å²) in [6.45, 7) is 2.91. The Morgan fingerprint density at radius 1 is 1.19 bits per heavy atom. The van der Waals surface area contributed by atoms with Crippen molar-refractivity contribution in [3.63, 3.8) is 0 Å². The summed E-state index contributed by atoms with van der Waals surface area (Å²) in [5.74, 6) is 0.627. The van der Waals surface area contributed by atoms with Gasteiger partial charge in [0.1, 0.15) is 0 Å². The Hall–Kier alpha value is -2.54. The van der Waals surface area contributed by atoms with Crippen LogP contribution in [-0.4, -0.2) is 42.0 Å². The van der Waals surface area contributed by atoms with E-state index < -0.39 is 0 Å². The Morgan fingerprint density at radius 2 is 2.10 bits per heavy atom. The molecule has 1 aromatic carbocycles. The zero-order chi connectivity index (χ0) is 14.1. The number of fused-ring (bicyclic) bond motifs is 1. The normalized spacial score (nSPS) is 15.0.